The van der Waals surface area contributed by atoms with Crippen LogP contribution in [0.5, 0.6) is 0 Å². The molecule has 1 nitrogen and oxygen atoms in total. The summed E-state index contributed by atoms with van der Waals surface area (Å²) in [5.41, 5.74) is 0. The molecular weight excluding hydrogens is 134 g/mol. The SMILES string of the molecule is CCC/C=C\N(CC)CCC. The monoisotopic (exact) mass is 155 g/mol. The quantitative estimate of drug-likeness (QED) is 0.570. The predicted molar refractivity (Wildman–Crippen MR) is 51.6 cm³/mol. The summed E-state index contributed by atoms with van der Waals surface area (Å²) < 4.78 is 0. The molecule has 0 amide bonds. The van der Waals surface area contributed by atoms with Crippen molar-refractivity contribution in [2.45, 2.75) is 40.0 Å². The van der Waals surface area contributed by atoms with Gasteiger partial charge in [-0.1, -0.05) is 26.3 Å². The number of unbranched alkanes of at least 4 members (excludes halogenated alkanes) is 1. The average Bonchev–Trinajstić information content (AvgIpc) is 2.03. The summed E-state index contributed by atoms with van der Waals surface area (Å²) in [5, 5.41) is 0. The number of hydrogen-bond donors (Lipinski definition) is 0. The lowest BCUT2D eigenvalue weighted by molar-refractivity contribution is 0.394. The van der Waals surface area contributed by atoms with E-state index in [0.717, 1.165) is 6.54 Å². The topological polar surface area (TPSA) is 3.24 Å². The zero-order valence-electron chi connectivity index (χ0n) is 8.14. The van der Waals surface area contributed by atoms with E-state index in [1.54, 1.807) is 0 Å². The Morgan fingerprint density at radius 2 is 1.82 bits per heavy atom. The Bertz CT molecular complexity index is 97.0. The molecule has 0 N–H and O–H groups in total. The van der Waals surface area contributed by atoms with E-state index in [9.17, 15) is 0 Å². The third-order valence-corrected chi connectivity index (χ3v) is 1.69. The van der Waals surface area contributed by atoms with Crippen molar-refractivity contribution in [2.75, 3.05) is 13.1 Å². The largest absolute Gasteiger partial charge is 0.378 e. The molecule has 0 aliphatic heterocycles. The lowest BCUT2D eigenvalue weighted by atomic mass is 10.3. The van der Waals surface area contributed by atoms with E-state index in [-0.39, 0.29) is 0 Å². The Hall–Kier alpha value is -0.460. The second-order valence-corrected chi connectivity index (χ2v) is 2.80. The third kappa shape index (κ3) is 5.96. The molecule has 0 aliphatic rings. The van der Waals surface area contributed by atoms with E-state index in [4.69, 9.17) is 0 Å². The maximum atomic E-state index is 2.36. The van der Waals surface area contributed by atoms with Crippen molar-refractivity contribution in [1.29, 1.82) is 0 Å². The van der Waals surface area contributed by atoms with E-state index in [0.29, 0.717) is 0 Å². The molecule has 11 heavy (non-hydrogen) atoms. The van der Waals surface area contributed by atoms with Crippen molar-refractivity contribution in [3.05, 3.63) is 12.3 Å². The van der Waals surface area contributed by atoms with Crippen molar-refractivity contribution in [2.24, 2.45) is 0 Å². The molecule has 0 aromatic rings. The highest BCUT2D eigenvalue weighted by atomic mass is 15.1. The van der Waals surface area contributed by atoms with Crippen LogP contribution in [0, 0.1) is 0 Å². The lowest BCUT2D eigenvalue weighted by Crippen LogP contribution is -2.16. The minimum Gasteiger partial charge on any atom is -0.378 e. The molecule has 0 aromatic heterocycles. The molecule has 1 heteroatoms. The highest BCUT2D eigenvalue weighted by molar-refractivity contribution is 4.81. The first-order valence-electron chi connectivity index (χ1n) is 4.75. The molecule has 66 valence electrons. The van der Waals surface area contributed by atoms with Gasteiger partial charge < -0.3 is 4.90 Å². The Morgan fingerprint density at radius 1 is 1.09 bits per heavy atom. The molecular formula is C10H21N. The Balaban J connectivity index is 3.49. The molecule has 0 fully saturated rings. The smallest absolute Gasteiger partial charge is 0.0169 e. The van der Waals surface area contributed by atoms with Gasteiger partial charge in [0.05, 0.1) is 0 Å². The fourth-order valence-electron chi connectivity index (χ4n) is 1.02. The van der Waals surface area contributed by atoms with Gasteiger partial charge in [0.15, 0.2) is 0 Å². The molecule has 0 saturated heterocycles. The van der Waals surface area contributed by atoms with Crippen molar-refractivity contribution >= 4 is 0 Å². The van der Waals surface area contributed by atoms with E-state index < -0.39 is 0 Å². The number of hydrogen-bond acceptors (Lipinski definition) is 1. The number of rotatable bonds is 6. The zero-order valence-corrected chi connectivity index (χ0v) is 8.14. The summed E-state index contributed by atoms with van der Waals surface area (Å²) >= 11 is 0. The second-order valence-electron chi connectivity index (χ2n) is 2.80. The first-order valence-corrected chi connectivity index (χ1v) is 4.75. The van der Waals surface area contributed by atoms with Crippen LogP contribution in [-0.4, -0.2) is 18.0 Å². The minimum absolute atomic E-state index is 1.13. The standard InChI is InChI=1S/C10H21N/c1-4-7-8-10-11(6-3)9-5-2/h8,10H,4-7,9H2,1-3H3/b10-8-. The van der Waals surface area contributed by atoms with Crippen LogP contribution in [0.2, 0.25) is 0 Å². The fourth-order valence-corrected chi connectivity index (χ4v) is 1.02. The van der Waals surface area contributed by atoms with Crippen LogP contribution >= 0.6 is 0 Å². The first-order chi connectivity index (χ1) is 5.35. The lowest BCUT2D eigenvalue weighted by Gasteiger charge is -2.16. The summed E-state index contributed by atoms with van der Waals surface area (Å²) in [6.07, 6.45) is 8.19. The Morgan fingerprint density at radius 3 is 2.27 bits per heavy atom. The van der Waals surface area contributed by atoms with Crippen molar-refractivity contribution in [1.82, 2.24) is 4.90 Å². The van der Waals surface area contributed by atoms with Gasteiger partial charge in [0.1, 0.15) is 0 Å². The van der Waals surface area contributed by atoms with Crippen LogP contribution in [0.3, 0.4) is 0 Å². The molecule has 0 aliphatic carbocycles. The molecule has 0 saturated carbocycles. The van der Waals surface area contributed by atoms with Gasteiger partial charge in [0.2, 0.25) is 0 Å². The zero-order chi connectivity index (χ0) is 8.53. The maximum absolute atomic E-state index is 2.36. The van der Waals surface area contributed by atoms with Gasteiger partial charge >= 0.3 is 0 Å². The van der Waals surface area contributed by atoms with Crippen molar-refractivity contribution in [3.8, 4) is 0 Å². The minimum atomic E-state index is 1.13. The predicted octanol–water partition coefficient (Wildman–Crippen LogP) is 3.03. The van der Waals surface area contributed by atoms with Crippen LogP contribution in [0.15, 0.2) is 12.3 Å². The van der Waals surface area contributed by atoms with Gasteiger partial charge in [-0.05, 0) is 26.0 Å². The van der Waals surface area contributed by atoms with Crippen LogP contribution in [0.25, 0.3) is 0 Å². The van der Waals surface area contributed by atoms with Gasteiger partial charge in [-0.3, -0.25) is 0 Å². The summed E-state index contributed by atoms with van der Waals surface area (Å²) in [7, 11) is 0. The molecule has 0 aromatic carbocycles. The second kappa shape index (κ2) is 7.64. The third-order valence-electron chi connectivity index (χ3n) is 1.69. The van der Waals surface area contributed by atoms with Gasteiger partial charge in [0.25, 0.3) is 0 Å². The maximum Gasteiger partial charge on any atom is 0.0169 e. The van der Waals surface area contributed by atoms with Crippen LogP contribution in [-0.2, 0) is 0 Å². The summed E-state index contributed by atoms with van der Waals surface area (Å²) in [5.74, 6) is 0. The molecule has 0 unspecified atom stereocenters. The van der Waals surface area contributed by atoms with Crippen molar-refractivity contribution < 1.29 is 0 Å². The van der Waals surface area contributed by atoms with Crippen LogP contribution < -0.4 is 0 Å². The van der Waals surface area contributed by atoms with Gasteiger partial charge in [-0.25, -0.2) is 0 Å². The Kier molecular flexibility index (Phi) is 7.33. The van der Waals surface area contributed by atoms with Crippen LogP contribution in [0.1, 0.15) is 40.0 Å². The average molecular weight is 155 g/mol. The van der Waals surface area contributed by atoms with Gasteiger partial charge in [0, 0.05) is 13.1 Å². The summed E-state index contributed by atoms with van der Waals surface area (Å²) in [4.78, 5) is 2.36. The van der Waals surface area contributed by atoms with E-state index >= 15 is 0 Å². The highest BCUT2D eigenvalue weighted by Crippen LogP contribution is 1.95. The molecule has 0 bridgehead atoms. The summed E-state index contributed by atoms with van der Waals surface area (Å²) in [6, 6.07) is 0. The van der Waals surface area contributed by atoms with Gasteiger partial charge in [-0.15, -0.1) is 0 Å². The molecule has 0 rings (SSSR count). The van der Waals surface area contributed by atoms with E-state index in [2.05, 4.69) is 37.9 Å². The van der Waals surface area contributed by atoms with Crippen molar-refractivity contribution in [3.63, 3.8) is 0 Å². The molecule has 0 heterocycles. The first kappa shape index (κ1) is 10.5. The van der Waals surface area contributed by atoms with E-state index in [1.807, 2.05) is 0 Å². The normalized spacial score (nSPS) is 10.8. The van der Waals surface area contributed by atoms with Gasteiger partial charge in [-0.2, -0.15) is 0 Å². The number of allylic oxidation sites excluding steroid dienone is 1. The van der Waals surface area contributed by atoms with E-state index in [1.165, 1.54) is 25.8 Å². The highest BCUT2D eigenvalue weighted by Gasteiger charge is 1.90. The summed E-state index contributed by atoms with van der Waals surface area (Å²) in [6.45, 7) is 8.95. The Labute approximate surface area is 71.1 Å². The number of nitrogens with zero attached hydrogens (tertiary/aromatic N) is 1. The molecule has 0 spiro atoms. The molecule has 0 atom stereocenters. The molecule has 0 radical (unpaired) electrons. The van der Waals surface area contributed by atoms with Crippen LogP contribution in [0.4, 0.5) is 0 Å². The fraction of sp³-hybridized carbons (Fsp3) is 0.800.